The van der Waals surface area contributed by atoms with Gasteiger partial charge in [-0.3, -0.25) is 4.79 Å². The predicted octanol–water partition coefficient (Wildman–Crippen LogP) is 3.67. The number of hydrogen-bond donors (Lipinski definition) is 1. The summed E-state index contributed by atoms with van der Waals surface area (Å²) >= 11 is 8.72. The highest BCUT2D eigenvalue weighted by Gasteiger charge is 2.29. The predicted molar refractivity (Wildman–Crippen MR) is 62.0 cm³/mol. The van der Waals surface area contributed by atoms with Crippen LogP contribution in [0.25, 0.3) is 0 Å². The molecular weight excluding hydrogens is 340 g/mol. The molecule has 3 nitrogen and oxygen atoms in total. The van der Waals surface area contributed by atoms with Crippen molar-refractivity contribution < 1.29 is 27.8 Å². The standard InChI is InChI=1S/C10H7BrClF3O3/c11-6-1-5(3-8(16)17)2-7(12)9(6)18-4-10(13,14)15/h1-2H,3-4H2,(H,16,17). The van der Waals surface area contributed by atoms with Crippen LogP contribution in [0.4, 0.5) is 13.2 Å². The Morgan fingerprint density at radius 3 is 2.50 bits per heavy atom. The highest BCUT2D eigenvalue weighted by molar-refractivity contribution is 9.10. The van der Waals surface area contributed by atoms with E-state index in [0.717, 1.165) is 0 Å². The summed E-state index contributed by atoms with van der Waals surface area (Å²) in [6, 6.07) is 2.61. The molecule has 0 radical (unpaired) electrons. The Morgan fingerprint density at radius 2 is 2.06 bits per heavy atom. The Kier molecular flexibility index (Phi) is 4.86. The number of rotatable bonds is 4. The van der Waals surface area contributed by atoms with Crippen molar-refractivity contribution in [2.75, 3.05) is 6.61 Å². The van der Waals surface area contributed by atoms with Crippen LogP contribution in [0.5, 0.6) is 5.75 Å². The number of carboxylic acids is 1. The number of alkyl halides is 3. The third-order valence-corrected chi connectivity index (χ3v) is 2.66. The molecule has 18 heavy (non-hydrogen) atoms. The van der Waals surface area contributed by atoms with Gasteiger partial charge in [0.25, 0.3) is 0 Å². The summed E-state index contributed by atoms with van der Waals surface area (Å²) in [5.41, 5.74) is 0.360. The van der Waals surface area contributed by atoms with Crippen molar-refractivity contribution in [1.29, 1.82) is 0 Å². The maximum Gasteiger partial charge on any atom is 0.422 e. The van der Waals surface area contributed by atoms with Crippen LogP contribution in [-0.4, -0.2) is 23.9 Å². The Labute approximate surface area is 114 Å². The number of benzene rings is 1. The van der Waals surface area contributed by atoms with Crippen LogP contribution in [0.15, 0.2) is 16.6 Å². The molecule has 8 heteroatoms. The summed E-state index contributed by atoms with van der Waals surface area (Å²) < 4.78 is 40.7. The van der Waals surface area contributed by atoms with Crippen LogP contribution < -0.4 is 4.74 Å². The van der Waals surface area contributed by atoms with E-state index in [4.69, 9.17) is 16.7 Å². The minimum absolute atomic E-state index is 0.0788. The minimum atomic E-state index is -4.47. The van der Waals surface area contributed by atoms with Gasteiger partial charge in [-0.25, -0.2) is 0 Å². The van der Waals surface area contributed by atoms with E-state index in [0.29, 0.717) is 5.56 Å². The minimum Gasteiger partial charge on any atom is -0.481 e. The zero-order valence-corrected chi connectivity index (χ0v) is 11.1. The first-order chi connectivity index (χ1) is 8.19. The molecule has 1 aromatic carbocycles. The van der Waals surface area contributed by atoms with Crippen molar-refractivity contribution in [1.82, 2.24) is 0 Å². The molecule has 1 N–H and O–H groups in total. The molecule has 0 aliphatic heterocycles. The molecule has 0 aliphatic rings. The van der Waals surface area contributed by atoms with Crippen LogP contribution >= 0.6 is 27.5 Å². The number of hydrogen-bond acceptors (Lipinski definition) is 2. The highest BCUT2D eigenvalue weighted by atomic mass is 79.9. The fourth-order valence-electron chi connectivity index (χ4n) is 1.18. The van der Waals surface area contributed by atoms with Gasteiger partial charge in [-0.1, -0.05) is 11.6 Å². The zero-order chi connectivity index (χ0) is 13.9. The lowest BCUT2D eigenvalue weighted by molar-refractivity contribution is -0.153. The lowest BCUT2D eigenvalue weighted by Crippen LogP contribution is -2.19. The number of carbonyl (C=O) groups is 1. The summed E-state index contributed by atoms with van der Waals surface area (Å²) in [6.45, 7) is -1.47. The average Bonchev–Trinajstić information content (AvgIpc) is 2.12. The maximum absolute atomic E-state index is 12.0. The summed E-state index contributed by atoms with van der Waals surface area (Å²) in [7, 11) is 0. The second kappa shape index (κ2) is 5.79. The SMILES string of the molecule is O=C(O)Cc1cc(Cl)c(OCC(F)(F)F)c(Br)c1. The normalized spacial score (nSPS) is 11.4. The van der Waals surface area contributed by atoms with Crippen LogP contribution in [-0.2, 0) is 11.2 Å². The highest BCUT2D eigenvalue weighted by Crippen LogP contribution is 2.35. The van der Waals surface area contributed by atoms with E-state index < -0.39 is 18.8 Å². The first kappa shape index (κ1) is 15.1. The van der Waals surface area contributed by atoms with Gasteiger partial charge in [-0.2, -0.15) is 13.2 Å². The van der Waals surface area contributed by atoms with E-state index >= 15 is 0 Å². The van der Waals surface area contributed by atoms with Gasteiger partial charge in [0, 0.05) is 0 Å². The summed E-state index contributed by atoms with van der Waals surface area (Å²) in [5.74, 6) is -1.23. The summed E-state index contributed by atoms with van der Waals surface area (Å²) in [5, 5.41) is 8.51. The number of aliphatic carboxylic acids is 1. The average molecular weight is 348 g/mol. The van der Waals surface area contributed by atoms with Crippen LogP contribution in [0.3, 0.4) is 0 Å². The van der Waals surface area contributed by atoms with E-state index in [1.807, 2.05) is 0 Å². The Hall–Kier alpha value is -0.950. The fraction of sp³-hybridized carbons (Fsp3) is 0.300. The van der Waals surface area contributed by atoms with Gasteiger partial charge in [-0.15, -0.1) is 0 Å². The lowest BCUT2D eigenvalue weighted by atomic mass is 10.1. The second-order valence-corrected chi connectivity index (χ2v) is 4.62. The van der Waals surface area contributed by atoms with Crippen molar-refractivity contribution >= 4 is 33.5 Å². The van der Waals surface area contributed by atoms with Gasteiger partial charge in [0.1, 0.15) is 0 Å². The molecule has 0 aliphatic carbocycles. The molecule has 0 aromatic heterocycles. The monoisotopic (exact) mass is 346 g/mol. The smallest absolute Gasteiger partial charge is 0.422 e. The quantitative estimate of drug-likeness (QED) is 0.904. The zero-order valence-electron chi connectivity index (χ0n) is 8.72. The molecule has 0 bridgehead atoms. The molecule has 1 aromatic rings. The van der Waals surface area contributed by atoms with Crippen LogP contribution in [0.1, 0.15) is 5.56 Å². The van der Waals surface area contributed by atoms with Gasteiger partial charge >= 0.3 is 12.1 Å². The van der Waals surface area contributed by atoms with E-state index in [9.17, 15) is 18.0 Å². The molecular formula is C10H7BrClF3O3. The largest absolute Gasteiger partial charge is 0.481 e. The van der Waals surface area contributed by atoms with Gasteiger partial charge in [-0.05, 0) is 33.6 Å². The molecule has 0 saturated heterocycles. The fourth-order valence-corrected chi connectivity index (χ4v) is 2.21. The molecule has 0 amide bonds. The molecule has 0 unspecified atom stereocenters. The molecule has 0 atom stereocenters. The first-order valence-electron chi connectivity index (χ1n) is 4.58. The Morgan fingerprint density at radius 1 is 1.44 bits per heavy atom. The molecule has 0 fully saturated rings. The van der Waals surface area contributed by atoms with Crippen LogP contribution in [0, 0.1) is 0 Å². The lowest BCUT2D eigenvalue weighted by Gasteiger charge is -2.13. The van der Waals surface area contributed by atoms with Crippen molar-refractivity contribution in [2.45, 2.75) is 12.6 Å². The van der Waals surface area contributed by atoms with Crippen molar-refractivity contribution in [2.24, 2.45) is 0 Å². The molecule has 100 valence electrons. The van der Waals surface area contributed by atoms with Crippen molar-refractivity contribution in [3.8, 4) is 5.75 Å². The van der Waals surface area contributed by atoms with Gasteiger partial charge in [0.15, 0.2) is 12.4 Å². The number of halogens is 5. The molecule has 0 spiro atoms. The van der Waals surface area contributed by atoms with E-state index in [2.05, 4.69) is 20.7 Å². The Bertz CT molecular complexity index is 439. The third kappa shape index (κ3) is 4.73. The van der Waals surface area contributed by atoms with Crippen LogP contribution in [0.2, 0.25) is 5.02 Å². The van der Waals surface area contributed by atoms with Gasteiger partial charge in [0.2, 0.25) is 0 Å². The first-order valence-corrected chi connectivity index (χ1v) is 5.75. The third-order valence-electron chi connectivity index (χ3n) is 1.79. The van der Waals surface area contributed by atoms with E-state index in [-0.39, 0.29) is 21.7 Å². The van der Waals surface area contributed by atoms with Crippen molar-refractivity contribution in [3.05, 3.63) is 27.2 Å². The summed E-state index contributed by atoms with van der Waals surface area (Å²) in [6.07, 6.45) is -4.75. The summed E-state index contributed by atoms with van der Waals surface area (Å²) in [4.78, 5) is 10.5. The Balaban J connectivity index is 2.91. The van der Waals surface area contributed by atoms with E-state index in [1.165, 1.54) is 12.1 Å². The molecule has 1 rings (SSSR count). The number of carboxylic acid groups (broad SMARTS) is 1. The number of ether oxygens (including phenoxy) is 1. The van der Waals surface area contributed by atoms with E-state index in [1.54, 1.807) is 0 Å². The van der Waals surface area contributed by atoms with Gasteiger partial charge in [0.05, 0.1) is 15.9 Å². The van der Waals surface area contributed by atoms with Gasteiger partial charge < -0.3 is 9.84 Å². The topological polar surface area (TPSA) is 46.5 Å². The second-order valence-electron chi connectivity index (χ2n) is 3.36. The van der Waals surface area contributed by atoms with Crippen molar-refractivity contribution in [3.63, 3.8) is 0 Å². The maximum atomic E-state index is 12.0. The molecule has 0 heterocycles. The molecule has 0 saturated carbocycles.